The summed E-state index contributed by atoms with van der Waals surface area (Å²) in [4.78, 5) is 27.1. The molecule has 0 aromatic carbocycles. The molecular weight excluding hydrogens is 461 g/mol. The molecule has 1 atom stereocenters. The summed E-state index contributed by atoms with van der Waals surface area (Å²) in [6.07, 6.45) is 3.97. The lowest BCUT2D eigenvalue weighted by Crippen LogP contribution is -2.43. The summed E-state index contributed by atoms with van der Waals surface area (Å²) in [5, 5.41) is 10.3. The van der Waals surface area contributed by atoms with Crippen molar-refractivity contribution in [1.29, 1.82) is 0 Å². The molecule has 35 heavy (non-hydrogen) atoms. The molecule has 3 N–H and O–H groups in total. The maximum atomic E-state index is 12.9. The third-order valence-electron chi connectivity index (χ3n) is 6.40. The highest BCUT2D eigenvalue weighted by Crippen LogP contribution is 2.30. The Morgan fingerprint density at radius 1 is 1.26 bits per heavy atom. The van der Waals surface area contributed by atoms with E-state index in [1.165, 1.54) is 10.7 Å². The van der Waals surface area contributed by atoms with Crippen LogP contribution in [-0.2, 0) is 0 Å². The molecule has 4 aromatic rings. The molecule has 5 heterocycles. The summed E-state index contributed by atoms with van der Waals surface area (Å²) in [7, 11) is 2.11. The summed E-state index contributed by atoms with van der Waals surface area (Å²) < 4.78 is 40.1. The number of amides is 1. The number of rotatable bonds is 5. The lowest BCUT2D eigenvalue weighted by Gasteiger charge is -2.29. The molecule has 5 rings (SSSR count). The molecule has 0 radical (unpaired) electrons. The number of hydrogen-bond acceptors (Lipinski definition) is 6. The third-order valence-corrected chi connectivity index (χ3v) is 6.40. The number of anilines is 1. The summed E-state index contributed by atoms with van der Waals surface area (Å²) in [6.45, 7) is 2.95. The van der Waals surface area contributed by atoms with Crippen molar-refractivity contribution in [3.63, 3.8) is 0 Å². The molecule has 1 aliphatic rings. The number of halogens is 3. The van der Waals surface area contributed by atoms with Crippen molar-refractivity contribution in [3.05, 3.63) is 42.5 Å². The minimum Gasteiger partial charge on any atom is -0.351 e. The number of aromatic nitrogens is 5. The minimum atomic E-state index is -4.53. The number of hydrogen-bond donors (Lipinski definition) is 3. The fraction of sp³-hybridized carbons (Fsp3) is 0.391. The van der Waals surface area contributed by atoms with Gasteiger partial charge in [-0.2, -0.15) is 23.3 Å². The second kappa shape index (κ2) is 8.84. The van der Waals surface area contributed by atoms with Crippen LogP contribution in [0, 0.1) is 0 Å². The van der Waals surface area contributed by atoms with Gasteiger partial charge in [-0.1, -0.05) is 0 Å². The van der Waals surface area contributed by atoms with Gasteiger partial charge in [-0.15, -0.1) is 0 Å². The molecule has 1 fully saturated rings. The van der Waals surface area contributed by atoms with Crippen LogP contribution in [0.2, 0.25) is 0 Å². The topological polar surface area (TPSA) is 103 Å². The molecule has 12 heteroatoms. The number of fused-ring (bicyclic) bond motifs is 2. The number of nitrogens with zero attached hydrogens (tertiary/aromatic N) is 5. The van der Waals surface area contributed by atoms with Crippen LogP contribution in [0.4, 0.5) is 19.1 Å². The highest BCUT2D eigenvalue weighted by Gasteiger charge is 2.37. The Kier molecular flexibility index (Phi) is 5.83. The van der Waals surface area contributed by atoms with Crippen molar-refractivity contribution in [2.45, 2.75) is 38.0 Å². The second-order valence-corrected chi connectivity index (χ2v) is 8.92. The van der Waals surface area contributed by atoms with Crippen LogP contribution in [-0.4, -0.2) is 73.8 Å². The molecule has 0 spiro atoms. The lowest BCUT2D eigenvalue weighted by atomic mass is 10.1. The SMILES string of the molecule is C[C@@H](NC(=O)c1cnn2ccc(-c3c[nH]c4nc(NC5CCN(C)CC5)ncc34)cc12)C(F)(F)F. The quantitative estimate of drug-likeness (QED) is 0.399. The van der Waals surface area contributed by atoms with Crippen molar-refractivity contribution < 1.29 is 18.0 Å². The third kappa shape index (κ3) is 4.65. The number of piperidine rings is 1. The van der Waals surface area contributed by atoms with Gasteiger partial charge in [-0.05, 0) is 57.6 Å². The first-order valence-electron chi connectivity index (χ1n) is 11.3. The Labute approximate surface area is 198 Å². The zero-order valence-corrected chi connectivity index (χ0v) is 19.2. The zero-order chi connectivity index (χ0) is 24.7. The Balaban J connectivity index is 1.41. The average molecular weight is 487 g/mol. The van der Waals surface area contributed by atoms with Gasteiger partial charge in [-0.25, -0.2) is 9.50 Å². The van der Waals surface area contributed by atoms with Crippen molar-refractivity contribution >= 4 is 28.4 Å². The van der Waals surface area contributed by atoms with Gasteiger partial charge in [0, 0.05) is 35.6 Å². The summed E-state index contributed by atoms with van der Waals surface area (Å²) in [5.74, 6) is -0.279. The van der Waals surface area contributed by atoms with Crippen LogP contribution in [0.25, 0.3) is 27.7 Å². The van der Waals surface area contributed by atoms with Crippen molar-refractivity contribution in [2.24, 2.45) is 0 Å². The smallest absolute Gasteiger partial charge is 0.351 e. The standard InChI is InChI=1S/C23H25F3N8O/c1-13(23(24,25)26)30-21(35)18-12-29-34-8-3-14(9-19(18)34)16-10-27-20-17(16)11-28-22(32-20)31-15-4-6-33(2)7-5-15/h3,8-13,15H,4-7H2,1-2H3,(H,30,35)(H2,27,28,31,32)/t13-/m1/s1. The molecule has 0 saturated carbocycles. The van der Waals surface area contributed by atoms with Crippen LogP contribution >= 0.6 is 0 Å². The lowest BCUT2D eigenvalue weighted by molar-refractivity contribution is -0.149. The molecule has 0 aliphatic carbocycles. The van der Waals surface area contributed by atoms with Crippen LogP contribution in [0.15, 0.2) is 36.9 Å². The Morgan fingerprint density at radius 3 is 2.77 bits per heavy atom. The van der Waals surface area contributed by atoms with Crippen LogP contribution in [0.5, 0.6) is 0 Å². The number of carbonyl (C=O) groups excluding carboxylic acids is 1. The number of pyridine rings is 1. The number of carbonyl (C=O) groups is 1. The Hall–Kier alpha value is -3.67. The molecule has 1 saturated heterocycles. The van der Waals surface area contributed by atoms with Gasteiger partial charge < -0.3 is 20.5 Å². The van der Waals surface area contributed by atoms with Gasteiger partial charge >= 0.3 is 6.18 Å². The van der Waals surface area contributed by atoms with Gasteiger partial charge in [0.15, 0.2) is 0 Å². The number of likely N-dealkylation sites (tertiary alicyclic amines) is 1. The van der Waals surface area contributed by atoms with Gasteiger partial charge in [-0.3, -0.25) is 4.79 Å². The van der Waals surface area contributed by atoms with E-state index in [2.05, 4.69) is 37.3 Å². The van der Waals surface area contributed by atoms with Gasteiger partial charge in [0.25, 0.3) is 5.91 Å². The first-order valence-corrected chi connectivity index (χ1v) is 11.3. The van der Waals surface area contributed by atoms with Gasteiger partial charge in [0.1, 0.15) is 11.7 Å². The Bertz CT molecular complexity index is 1370. The van der Waals surface area contributed by atoms with Crippen LogP contribution in [0.1, 0.15) is 30.1 Å². The molecule has 0 unspecified atom stereocenters. The molecule has 9 nitrogen and oxygen atoms in total. The maximum absolute atomic E-state index is 12.9. The summed E-state index contributed by atoms with van der Waals surface area (Å²) >= 11 is 0. The fourth-order valence-electron chi connectivity index (χ4n) is 4.23. The largest absolute Gasteiger partial charge is 0.408 e. The summed E-state index contributed by atoms with van der Waals surface area (Å²) in [5.41, 5.74) is 2.68. The average Bonchev–Trinajstić information content (AvgIpc) is 3.43. The molecule has 1 amide bonds. The first kappa shape index (κ1) is 23.1. The van der Waals surface area contributed by atoms with E-state index in [4.69, 9.17) is 0 Å². The molecule has 184 valence electrons. The predicted molar refractivity (Wildman–Crippen MR) is 125 cm³/mol. The monoisotopic (exact) mass is 486 g/mol. The van der Waals surface area contributed by atoms with Crippen molar-refractivity contribution in [3.8, 4) is 11.1 Å². The number of nitrogens with one attached hydrogen (secondary N) is 3. The number of alkyl halides is 3. The van der Waals surface area contributed by atoms with E-state index in [0.29, 0.717) is 23.2 Å². The van der Waals surface area contributed by atoms with Crippen LogP contribution in [0.3, 0.4) is 0 Å². The van der Waals surface area contributed by atoms with E-state index in [0.717, 1.165) is 49.4 Å². The first-order chi connectivity index (χ1) is 16.7. The minimum absolute atomic E-state index is 0.0589. The highest BCUT2D eigenvalue weighted by molar-refractivity contribution is 6.02. The molecule has 4 aromatic heterocycles. The van der Waals surface area contributed by atoms with E-state index < -0.39 is 18.1 Å². The highest BCUT2D eigenvalue weighted by atomic mass is 19.4. The second-order valence-electron chi connectivity index (χ2n) is 8.92. The van der Waals surface area contributed by atoms with E-state index in [-0.39, 0.29) is 5.56 Å². The van der Waals surface area contributed by atoms with E-state index in [9.17, 15) is 18.0 Å². The zero-order valence-electron chi connectivity index (χ0n) is 19.2. The summed E-state index contributed by atoms with van der Waals surface area (Å²) in [6, 6.07) is 1.88. The van der Waals surface area contributed by atoms with Crippen LogP contribution < -0.4 is 10.6 Å². The Morgan fingerprint density at radius 2 is 2.03 bits per heavy atom. The van der Waals surface area contributed by atoms with Crippen molar-refractivity contribution in [2.75, 3.05) is 25.5 Å². The van der Waals surface area contributed by atoms with Gasteiger partial charge in [0.2, 0.25) is 5.95 Å². The van der Waals surface area contributed by atoms with E-state index in [1.54, 1.807) is 24.7 Å². The molecule has 0 bridgehead atoms. The number of H-pyrrole nitrogens is 1. The molecular formula is C23H25F3N8O. The number of aromatic amines is 1. The fourth-order valence-corrected chi connectivity index (χ4v) is 4.23. The maximum Gasteiger partial charge on any atom is 0.408 e. The van der Waals surface area contributed by atoms with E-state index in [1.807, 2.05) is 11.4 Å². The normalized spacial score (nSPS) is 16.6. The van der Waals surface area contributed by atoms with E-state index >= 15 is 0 Å². The van der Waals surface area contributed by atoms with Crippen molar-refractivity contribution in [1.82, 2.24) is 34.8 Å². The molecule has 1 aliphatic heterocycles. The van der Waals surface area contributed by atoms with Gasteiger partial charge in [0.05, 0.1) is 17.3 Å². The predicted octanol–water partition coefficient (Wildman–Crippen LogP) is 3.46.